The van der Waals surface area contributed by atoms with E-state index >= 15 is 0 Å². The van der Waals surface area contributed by atoms with E-state index in [1.54, 1.807) is 18.3 Å². The predicted molar refractivity (Wildman–Crippen MR) is 102 cm³/mol. The van der Waals surface area contributed by atoms with Crippen molar-refractivity contribution in [2.24, 2.45) is 0 Å². The van der Waals surface area contributed by atoms with E-state index in [4.69, 9.17) is 0 Å². The Morgan fingerprint density at radius 3 is 2.44 bits per heavy atom. The Labute approximate surface area is 147 Å². The minimum atomic E-state index is 0.0500. The topological polar surface area (TPSA) is 62.2 Å². The van der Waals surface area contributed by atoms with Crippen molar-refractivity contribution in [3.63, 3.8) is 0 Å². The molecule has 0 atom stereocenters. The van der Waals surface area contributed by atoms with Crippen molar-refractivity contribution in [2.45, 2.75) is 33.6 Å². The number of anilines is 2. The van der Waals surface area contributed by atoms with E-state index in [1.807, 2.05) is 45.0 Å². The molecule has 3 rings (SSSR count). The van der Waals surface area contributed by atoms with Crippen LogP contribution < -0.4 is 5.32 Å². The molecule has 4 heteroatoms. The molecule has 0 bridgehead atoms. The van der Waals surface area contributed by atoms with Crippen LogP contribution in [0.25, 0.3) is 10.9 Å². The SMILES string of the molecule is CCCC(=O)c1cnc2c(O)cccc2c1Nc1c(C)cccc1C. The van der Waals surface area contributed by atoms with Crippen LogP contribution in [-0.4, -0.2) is 15.9 Å². The Bertz CT molecular complexity index is 928. The van der Waals surface area contributed by atoms with Crippen LogP contribution in [0.2, 0.25) is 0 Å². The zero-order valence-electron chi connectivity index (χ0n) is 14.8. The predicted octanol–water partition coefficient (Wildman–Crippen LogP) is 5.28. The van der Waals surface area contributed by atoms with Gasteiger partial charge in [-0.05, 0) is 37.5 Å². The Morgan fingerprint density at radius 2 is 1.76 bits per heavy atom. The molecule has 0 unspecified atom stereocenters. The number of aryl methyl sites for hydroxylation is 2. The van der Waals surface area contributed by atoms with Gasteiger partial charge in [0, 0.05) is 23.7 Å². The maximum absolute atomic E-state index is 12.6. The number of phenols is 1. The number of hydrogen-bond acceptors (Lipinski definition) is 4. The van der Waals surface area contributed by atoms with Gasteiger partial charge in [-0.3, -0.25) is 9.78 Å². The first kappa shape index (κ1) is 17.0. The van der Waals surface area contributed by atoms with E-state index in [0.717, 1.165) is 28.6 Å². The van der Waals surface area contributed by atoms with Crippen molar-refractivity contribution in [1.82, 2.24) is 4.98 Å². The first-order valence-electron chi connectivity index (χ1n) is 8.50. The lowest BCUT2D eigenvalue weighted by molar-refractivity contribution is 0.0982. The van der Waals surface area contributed by atoms with E-state index < -0.39 is 0 Å². The number of nitrogens with zero attached hydrogens (tertiary/aromatic N) is 1. The summed E-state index contributed by atoms with van der Waals surface area (Å²) in [6.45, 7) is 6.05. The molecule has 128 valence electrons. The number of aromatic nitrogens is 1. The van der Waals surface area contributed by atoms with Crippen LogP contribution in [0, 0.1) is 13.8 Å². The lowest BCUT2D eigenvalue weighted by atomic mass is 10.0. The van der Waals surface area contributed by atoms with Crippen LogP contribution in [0.4, 0.5) is 11.4 Å². The minimum absolute atomic E-state index is 0.0500. The van der Waals surface area contributed by atoms with Crippen molar-refractivity contribution in [2.75, 3.05) is 5.32 Å². The van der Waals surface area contributed by atoms with Gasteiger partial charge >= 0.3 is 0 Å². The quantitative estimate of drug-likeness (QED) is 0.623. The van der Waals surface area contributed by atoms with Crippen molar-refractivity contribution in [1.29, 1.82) is 0 Å². The lowest BCUT2D eigenvalue weighted by Gasteiger charge is -2.17. The normalized spacial score (nSPS) is 10.8. The van der Waals surface area contributed by atoms with Crippen LogP contribution in [-0.2, 0) is 0 Å². The van der Waals surface area contributed by atoms with Crippen molar-refractivity contribution >= 4 is 28.1 Å². The van der Waals surface area contributed by atoms with E-state index in [9.17, 15) is 9.90 Å². The number of ketones is 1. The van der Waals surface area contributed by atoms with Gasteiger partial charge in [0.1, 0.15) is 11.3 Å². The molecule has 0 saturated carbocycles. The maximum atomic E-state index is 12.6. The molecule has 3 aromatic rings. The second-order valence-corrected chi connectivity index (χ2v) is 6.29. The van der Waals surface area contributed by atoms with Gasteiger partial charge < -0.3 is 10.4 Å². The van der Waals surface area contributed by atoms with Crippen molar-refractivity contribution < 1.29 is 9.90 Å². The zero-order valence-corrected chi connectivity index (χ0v) is 14.8. The molecule has 2 aromatic carbocycles. The van der Waals surface area contributed by atoms with Gasteiger partial charge in [-0.1, -0.05) is 37.3 Å². The third-order valence-corrected chi connectivity index (χ3v) is 4.38. The van der Waals surface area contributed by atoms with E-state index in [2.05, 4.69) is 10.3 Å². The van der Waals surface area contributed by atoms with Gasteiger partial charge in [-0.15, -0.1) is 0 Å². The monoisotopic (exact) mass is 334 g/mol. The minimum Gasteiger partial charge on any atom is -0.506 e. The fourth-order valence-corrected chi connectivity index (χ4v) is 3.05. The average Bonchev–Trinajstić information content (AvgIpc) is 2.59. The average molecular weight is 334 g/mol. The van der Waals surface area contributed by atoms with E-state index in [0.29, 0.717) is 23.2 Å². The number of aromatic hydroxyl groups is 1. The van der Waals surface area contributed by atoms with Crippen molar-refractivity contribution in [3.8, 4) is 5.75 Å². The molecule has 4 nitrogen and oxygen atoms in total. The van der Waals surface area contributed by atoms with Gasteiger partial charge in [-0.25, -0.2) is 0 Å². The summed E-state index contributed by atoms with van der Waals surface area (Å²) >= 11 is 0. The molecule has 0 aliphatic rings. The van der Waals surface area contributed by atoms with E-state index in [1.165, 1.54) is 0 Å². The highest BCUT2D eigenvalue weighted by atomic mass is 16.3. The smallest absolute Gasteiger partial charge is 0.166 e. The number of phenolic OH excluding ortho intramolecular Hbond substituents is 1. The number of rotatable bonds is 5. The van der Waals surface area contributed by atoms with Crippen molar-refractivity contribution in [3.05, 3.63) is 59.3 Å². The van der Waals surface area contributed by atoms with Gasteiger partial charge in [0.25, 0.3) is 0 Å². The molecule has 0 radical (unpaired) electrons. The summed E-state index contributed by atoms with van der Waals surface area (Å²) < 4.78 is 0. The van der Waals surface area contributed by atoms with Gasteiger partial charge in [0.15, 0.2) is 5.78 Å². The second kappa shape index (κ2) is 6.93. The number of carbonyl (C=O) groups is 1. The Hall–Kier alpha value is -2.88. The summed E-state index contributed by atoms with van der Waals surface area (Å²) in [4.78, 5) is 16.9. The molecule has 1 heterocycles. The Kier molecular flexibility index (Phi) is 4.70. The third-order valence-electron chi connectivity index (χ3n) is 4.38. The highest BCUT2D eigenvalue weighted by Crippen LogP contribution is 2.35. The summed E-state index contributed by atoms with van der Waals surface area (Å²) in [5.41, 5.74) is 4.92. The van der Waals surface area contributed by atoms with Gasteiger partial charge in [-0.2, -0.15) is 0 Å². The standard InChI is InChI=1S/C21H22N2O2/c1-4-7-17(24)16-12-22-21-15(10-6-11-18(21)25)20(16)23-19-13(2)8-5-9-14(19)3/h5-6,8-12,25H,4,7H2,1-3H3,(H,22,23). The second-order valence-electron chi connectivity index (χ2n) is 6.29. The fourth-order valence-electron chi connectivity index (χ4n) is 3.05. The molecule has 2 N–H and O–H groups in total. The lowest BCUT2D eigenvalue weighted by Crippen LogP contribution is -2.07. The number of para-hydroxylation sites is 2. The number of benzene rings is 2. The summed E-state index contributed by atoms with van der Waals surface area (Å²) in [5, 5.41) is 14.3. The first-order chi connectivity index (χ1) is 12.0. The largest absolute Gasteiger partial charge is 0.506 e. The number of hydrogen-bond donors (Lipinski definition) is 2. The van der Waals surface area contributed by atoms with Crippen LogP contribution in [0.5, 0.6) is 5.75 Å². The zero-order chi connectivity index (χ0) is 18.0. The summed E-state index contributed by atoms with van der Waals surface area (Å²) in [5.74, 6) is 0.158. The number of pyridine rings is 1. The van der Waals surface area contributed by atoms with Crippen LogP contribution >= 0.6 is 0 Å². The molecule has 25 heavy (non-hydrogen) atoms. The fraction of sp³-hybridized carbons (Fsp3) is 0.238. The van der Waals surface area contributed by atoms with Gasteiger partial charge in [0.05, 0.1) is 11.3 Å². The van der Waals surface area contributed by atoms with E-state index in [-0.39, 0.29) is 11.5 Å². The Balaban J connectivity index is 2.24. The highest BCUT2D eigenvalue weighted by Gasteiger charge is 2.17. The summed E-state index contributed by atoms with van der Waals surface area (Å²) in [6, 6.07) is 11.3. The number of carbonyl (C=O) groups excluding carboxylic acids is 1. The number of fused-ring (bicyclic) bond motifs is 1. The molecule has 1 aromatic heterocycles. The van der Waals surface area contributed by atoms with Crippen LogP contribution in [0.15, 0.2) is 42.6 Å². The molecule has 0 aliphatic heterocycles. The molecule has 0 fully saturated rings. The number of nitrogens with one attached hydrogen (secondary N) is 1. The molecule has 0 amide bonds. The molecule has 0 aliphatic carbocycles. The highest BCUT2D eigenvalue weighted by molar-refractivity contribution is 6.09. The molecule has 0 spiro atoms. The van der Waals surface area contributed by atoms with Crippen LogP contribution in [0.1, 0.15) is 41.3 Å². The summed E-state index contributed by atoms with van der Waals surface area (Å²) in [6.07, 6.45) is 2.81. The maximum Gasteiger partial charge on any atom is 0.166 e. The first-order valence-corrected chi connectivity index (χ1v) is 8.50. The Morgan fingerprint density at radius 1 is 1.08 bits per heavy atom. The number of Topliss-reactive ketones (excluding diaryl/α,β-unsaturated/α-hetero) is 1. The third kappa shape index (κ3) is 3.20. The molecule has 0 saturated heterocycles. The molecular formula is C21H22N2O2. The summed E-state index contributed by atoms with van der Waals surface area (Å²) in [7, 11) is 0. The van der Waals surface area contributed by atoms with Crippen LogP contribution in [0.3, 0.4) is 0 Å². The molecular weight excluding hydrogens is 312 g/mol. The van der Waals surface area contributed by atoms with Gasteiger partial charge in [0.2, 0.25) is 0 Å².